The summed E-state index contributed by atoms with van der Waals surface area (Å²) in [6.07, 6.45) is 12.1. The second-order valence-electron chi connectivity index (χ2n) is 9.53. The molecule has 0 atom stereocenters. The highest BCUT2D eigenvalue weighted by atomic mass is 19.1. The second kappa shape index (κ2) is 8.28. The molecule has 1 aliphatic heterocycles. The first kappa shape index (κ1) is 21.1. The predicted octanol–water partition coefficient (Wildman–Crippen LogP) is 5.57. The van der Waals surface area contributed by atoms with Crippen molar-refractivity contribution in [1.82, 2.24) is 24.5 Å². The van der Waals surface area contributed by atoms with Crippen LogP contribution in [0.4, 0.5) is 4.39 Å². The lowest BCUT2D eigenvalue weighted by Crippen LogP contribution is -2.36. The van der Waals surface area contributed by atoms with Crippen LogP contribution in [-0.2, 0) is 0 Å². The van der Waals surface area contributed by atoms with Gasteiger partial charge in [-0.1, -0.05) is 12.8 Å². The number of halogens is 1. The van der Waals surface area contributed by atoms with Crippen LogP contribution in [0.2, 0.25) is 0 Å². The Bertz CT molecular complexity index is 1240. The number of aryl methyl sites for hydroxylation is 2. The van der Waals surface area contributed by atoms with Crippen LogP contribution in [0.25, 0.3) is 28.0 Å². The molecule has 0 radical (unpaired) electrons. The summed E-state index contributed by atoms with van der Waals surface area (Å²) in [7, 11) is 2.25. The SMILES string of the molecule is CN1CCC2(CCCC2)CC1.Cc1cn2nc(-c3cc(F)c4ncoc4c3)cc(C)c2n1. The summed E-state index contributed by atoms with van der Waals surface area (Å²) in [5, 5.41) is 4.48. The van der Waals surface area contributed by atoms with Gasteiger partial charge in [0, 0.05) is 5.56 Å². The molecule has 3 aromatic heterocycles. The summed E-state index contributed by atoms with van der Waals surface area (Å²) in [4.78, 5) is 10.7. The summed E-state index contributed by atoms with van der Waals surface area (Å²) < 4.78 is 20.9. The molecule has 0 N–H and O–H groups in total. The quantitative estimate of drug-likeness (QED) is 0.391. The van der Waals surface area contributed by atoms with Crippen LogP contribution in [-0.4, -0.2) is 44.6 Å². The Morgan fingerprint density at radius 2 is 1.78 bits per heavy atom. The topological polar surface area (TPSA) is 59.5 Å². The van der Waals surface area contributed by atoms with E-state index >= 15 is 0 Å². The largest absolute Gasteiger partial charge is 0.443 e. The molecular formula is C25H30FN5O. The van der Waals surface area contributed by atoms with Crippen LogP contribution in [0.3, 0.4) is 0 Å². The van der Waals surface area contributed by atoms with Gasteiger partial charge in [0.1, 0.15) is 5.52 Å². The van der Waals surface area contributed by atoms with Crippen LogP contribution < -0.4 is 0 Å². The summed E-state index contributed by atoms with van der Waals surface area (Å²) >= 11 is 0. The lowest BCUT2D eigenvalue weighted by atomic mass is 9.77. The van der Waals surface area contributed by atoms with E-state index in [4.69, 9.17) is 4.42 Å². The number of likely N-dealkylation sites (tertiary alicyclic amines) is 1. The summed E-state index contributed by atoms with van der Waals surface area (Å²) in [5.41, 5.74) is 5.43. The van der Waals surface area contributed by atoms with Crippen molar-refractivity contribution < 1.29 is 8.81 Å². The van der Waals surface area contributed by atoms with Crippen molar-refractivity contribution in [3.8, 4) is 11.3 Å². The summed E-state index contributed by atoms with van der Waals surface area (Å²) in [5.74, 6) is -0.419. The van der Waals surface area contributed by atoms with Crippen LogP contribution in [0.1, 0.15) is 49.8 Å². The number of oxazole rings is 1. The third-order valence-corrected chi connectivity index (χ3v) is 7.13. The van der Waals surface area contributed by atoms with E-state index in [-0.39, 0.29) is 5.52 Å². The minimum Gasteiger partial charge on any atom is -0.443 e. The zero-order chi connectivity index (χ0) is 22.3. The van der Waals surface area contributed by atoms with Gasteiger partial charge < -0.3 is 9.32 Å². The average Bonchev–Trinajstić information content (AvgIpc) is 3.50. The number of imidazole rings is 1. The zero-order valence-electron chi connectivity index (χ0n) is 19.1. The lowest BCUT2D eigenvalue weighted by Gasteiger charge is -2.37. The van der Waals surface area contributed by atoms with E-state index < -0.39 is 5.82 Å². The van der Waals surface area contributed by atoms with Crippen molar-refractivity contribution in [1.29, 1.82) is 0 Å². The molecule has 32 heavy (non-hydrogen) atoms. The highest BCUT2D eigenvalue weighted by Crippen LogP contribution is 2.45. The Kier molecular flexibility index (Phi) is 5.45. The van der Waals surface area contributed by atoms with Gasteiger partial charge >= 0.3 is 0 Å². The maximum atomic E-state index is 14.0. The Hall–Kier alpha value is -2.80. The smallest absolute Gasteiger partial charge is 0.182 e. The molecular weight excluding hydrogens is 405 g/mol. The number of rotatable bonds is 1. The van der Waals surface area contributed by atoms with Gasteiger partial charge in [-0.15, -0.1) is 0 Å². The maximum absolute atomic E-state index is 14.0. The van der Waals surface area contributed by atoms with Gasteiger partial charge in [-0.3, -0.25) is 0 Å². The molecule has 6 rings (SSSR count). The van der Waals surface area contributed by atoms with E-state index in [1.165, 1.54) is 64.1 Å². The minimum atomic E-state index is -0.419. The predicted molar refractivity (Wildman–Crippen MR) is 123 cm³/mol. The van der Waals surface area contributed by atoms with E-state index in [2.05, 4.69) is 27.0 Å². The third kappa shape index (κ3) is 4.01. The van der Waals surface area contributed by atoms with Crippen LogP contribution in [0.5, 0.6) is 0 Å². The number of benzene rings is 1. The van der Waals surface area contributed by atoms with E-state index in [1.54, 1.807) is 10.6 Å². The third-order valence-electron chi connectivity index (χ3n) is 7.13. The molecule has 0 unspecified atom stereocenters. The minimum absolute atomic E-state index is 0.232. The zero-order valence-corrected chi connectivity index (χ0v) is 19.1. The molecule has 4 aromatic rings. The molecule has 1 aromatic carbocycles. The monoisotopic (exact) mass is 435 g/mol. The first-order valence-electron chi connectivity index (χ1n) is 11.5. The number of hydrogen-bond acceptors (Lipinski definition) is 5. The number of piperidine rings is 1. The Morgan fingerprint density at radius 3 is 2.53 bits per heavy atom. The Balaban J connectivity index is 0.000000165. The van der Waals surface area contributed by atoms with Crippen molar-refractivity contribution in [2.45, 2.75) is 52.4 Å². The Morgan fingerprint density at radius 1 is 1.03 bits per heavy atom. The summed E-state index contributed by atoms with van der Waals surface area (Å²) in [6.45, 7) is 6.56. The van der Waals surface area contributed by atoms with Crippen molar-refractivity contribution in [3.63, 3.8) is 0 Å². The van der Waals surface area contributed by atoms with E-state index in [9.17, 15) is 4.39 Å². The van der Waals surface area contributed by atoms with Gasteiger partial charge in [0.2, 0.25) is 0 Å². The highest BCUT2D eigenvalue weighted by Gasteiger charge is 2.35. The fourth-order valence-electron chi connectivity index (χ4n) is 5.18. The van der Waals surface area contributed by atoms with E-state index in [0.717, 1.165) is 22.3 Å². The average molecular weight is 436 g/mol. The molecule has 1 spiro atoms. The molecule has 4 heterocycles. The molecule has 2 aliphatic rings. The first-order chi connectivity index (χ1) is 15.4. The first-order valence-corrected chi connectivity index (χ1v) is 11.5. The fourth-order valence-corrected chi connectivity index (χ4v) is 5.18. The molecule has 168 valence electrons. The standard InChI is InChI=1S/C15H11FN4O.C10H19N/c1-8-3-12(19-20-6-9(2)18-15(8)20)10-4-11(16)14-13(5-10)21-7-17-14;1-11-8-6-10(7-9-11)4-2-3-5-10/h3-7H,1-2H3;2-9H2,1H3. The van der Waals surface area contributed by atoms with Crippen LogP contribution >= 0.6 is 0 Å². The molecule has 1 aliphatic carbocycles. The fraction of sp³-hybridized carbons (Fsp3) is 0.480. The van der Waals surface area contributed by atoms with Crippen molar-refractivity contribution in [2.24, 2.45) is 5.41 Å². The molecule has 6 nitrogen and oxygen atoms in total. The number of hydrogen-bond donors (Lipinski definition) is 0. The van der Waals surface area contributed by atoms with Gasteiger partial charge in [0.05, 0.1) is 17.6 Å². The van der Waals surface area contributed by atoms with Crippen molar-refractivity contribution in [3.05, 3.63) is 47.9 Å². The van der Waals surface area contributed by atoms with Crippen molar-refractivity contribution >= 4 is 16.7 Å². The van der Waals surface area contributed by atoms with Crippen LogP contribution in [0, 0.1) is 25.1 Å². The van der Waals surface area contributed by atoms with Gasteiger partial charge in [-0.25, -0.2) is 18.9 Å². The number of aromatic nitrogens is 4. The van der Waals surface area contributed by atoms with Gasteiger partial charge in [0.25, 0.3) is 0 Å². The molecule has 7 heteroatoms. The highest BCUT2D eigenvalue weighted by molar-refractivity contribution is 5.80. The number of nitrogens with zero attached hydrogens (tertiary/aromatic N) is 5. The van der Waals surface area contributed by atoms with Crippen molar-refractivity contribution in [2.75, 3.05) is 20.1 Å². The Labute approximate surface area is 187 Å². The van der Waals surface area contributed by atoms with E-state index in [0.29, 0.717) is 16.8 Å². The second-order valence-corrected chi connectivity index (χ2v) is 9.53. The molecule has 2 fully saturated rings. The van der Waals surface area contributed by atoms with Gasteiger partial charge in [0.15, 0.2) is 23.4 Å². The maximum Gasteiger partial charge on any atom is 0.182 e. The number of fused-ring (bicyclic) bond motifs is 2. The molecule has 1 saturated carbocycles. The van der Waals surface area contributed by atoms with Gasteiger partial charge in [-0.2, -0.15) is 5.10 Å². The van der Waals surface area contributed by atoms with Gasteiger partial charge in [-0.05, 0) is 88.8 Å². The lowest BCUT2D eigenvalue weighted by molar-refractivity contribution is 0.128. The van der Waals surface area contributed by atoms with E-state index in [1.807, 2.05) is 26.1 Å². The molecule has 0 amide bonds. The normalized spacial score (nSPS) is 18.4. The molecule has 0 bridgehead atoms. The summed E-state index contributed by atoms with van der Waals surface area (Å²) in [6, 6.07) is 5.05. The van der Waals surface area contributed by atoms with Crippen LogP contribution in [0.15, 0.2) is 35.2 Å². The molecule has 1 saturated heterocycles.